The van der Waals surface area contributed by atoms with Gasteiger partial charge in [0.1, 0.15) is 6.29 Å². The number of nitrogens with zero attached hydrogens (tertiary/aromatic N) is 1. The Hall–Kier alpha value is -0.900. The largest absolute Gasteiger partial charge is 0.332 e. The second kappa shape index (κ2) is 3.00. The summed E-state index contributed by atoms with van der Waals surface area (Å²) in [6, 6.07) is -0.323. The molecule has 0 aromatic heterocycles. The minimum atomic E-state index is -0.289. The van der Waals surface area contributed by atoms with Gasteiger partial charge in [-0.1, -0.05) is 0 Å². The minimum absolute atomic E-state index is 0.0332. The van der Waals surface area contributed by atoms with E-state index in [1.54, 1.807) is 0 Å². The Labute approximate surface area is 65.3 Å². The first kappa shape index (κ1) is 8.20. The van der Waals surface area contributed by atoms with Gasteiger partial charge in [0.15, 0.2) is 0 Å². The highest BCUT2D eigenvalue weighted by molar-refractivity contribution is 5.78. The van der Waals surface area contributed by atoms with Crippen molar-refractivity contribution in [2.45, 2.75) is 25.4 Å². The number of aldehydes is 1. The van der Waals surface area contributed by atoms with Crippen LogP contribution in [-0.4, -0.2) is 35.7 Å². The molecule has 1 aliphatic heterocycles. The zero-order valence-corrected chi connectivity index (χ0v) is 6.49. The van der Waals surface area contributed by atoms with Crippen molar-refractivity contribution >= 4 is 12.2 Å². The topological polar surface area (TPSA) is 63.4 Å². The van der Waals surface area contributed by atoms with Crippen molar-refractivity contribution in [3.05, 3.63) is 0 Å². The van der Waals surface area contributed by atoms with Gasteiger partial charge < -0.3 is 15.4 Å². The SMILES string of the molecule is CC(=O)N1CC(N)C[C@@H]1C=O. The first-order chi connectivity index (χ1) is 5.15. The number of nitrogens with two attached hydrogens (primary N) is 1. The molecule has 1 fully saturated rings. The molecule has 1 amide bonds. The zero-order valence-electron chi connectivity index (χ0n) is 6.49. The molecule has 1 unspecified atom stereocenters. The van der Waals surface area contributed by atoms with Crippen molar-refractivity contribution < 1.29 is 9.59 Å². The lowest BCUT2D eigenvalue weighted by Crippen LogP contribution is -2.35. The van der Waals surface area contributed by atoms with Crippen molar-refractivity contribution in [3.63, 3.8) is 0 Å². The number of carbonyl (C=O) groups excluding carboxylic acids is 2. The molecule has 4 heteroatoms. The Morgan fingerprint density at radius 2 is 2.36 bits per heavy atom. The summed E-state index contributed by atoms with van der Waals surface area (Å²) in [6.07, 6.45) is 1.39. The fraction of sp³-hybridized carbons (Fsp3) is 0.714. The molecule has 2 atom stereocenters. The standard InChI is InChI=1S/C7H12N2O2/c1-5(11)9-3-6(8)2-7(9)4-10/h4,6-7H,2-3,8H2,1H3/t6?,7-/m1/s1. The van der Waals surface area contributed by atoms with Gasteiger partial charge in [-0.25, -0.2) is 0 Å². The molecule has 1 heterocycles. The van der Waals surface area contributed by atoms with Crippen molar-refractivity contribution in [2.24, 2.45) is 5.73 Å². The summed E-state index contributed by atoms with van der Waals surface area (Å²) < 4.78 is 0. The predicted molar refractivity (Wildman–Crippen MR) is 39.8 cm³/mol. The summed E-state index contributed by atoms with van der Waals surface area (Å²) in [7, 11) is 0. The van der Waals surface area contributed by atoms with E-state index in [2.05, 4.69) is 0 Å². The lowest BCUT2D eigenvalue weighted by Gasteiger charge is -2.17. The molecule has 2 N–H and O–H groups in total. The van der Waals surface area contributed by atoms with Gasteiger partial charge in [0.05, 0.1) is 6.04 Å². The van der Waals surface area contributed by atoms with E-state index >= 15 is 0 Å². The minimum Gasteiger partial charge on any atom is -0.332 e. The monoisotopic (exact) mass is 156 g/mol. The first-order valence-corrected chi connectivity index (χ1v) is 3.63. The van der Waals surface area contributed by atoms with Gasteiger partial charge in [-0.05, 0) is 6.42 Å². The van der Waals surface area contributed by atoms with Gasteiger partial charge in [0.2, 0.25) is 5.91 Å². The zero-order chi connectivity index (χ0) is 8.43. The number of likely N-dealkylation sites (tertiary alicyclic amines) is 1. The number of rotatable bonds is 1. The van der Waals surface area contributed by atoms with Crippen LogP contribution in [0.3, 0.4) is 0 Å². The van der Waals surface area contributed by atoms with Crippen LogP contribution in [0.15, 0.2) is 0 Å². The molecular weight excluding hydrogens is 144 g/mol. The summed E-state index contributed by atoms with van der Waals surface area (Å²) in [6.45, 7) is 1.97. The van der Waals surface area contributed by atoms with Crippen LogP contribution in [0.25, 0.3) is 0 Å². The van der Waals surface area contributed by atoms with Crippen LogP contribution >= 0.6 is 0 Å². The summed E-state index contributed by atoms with van der Waals surface area (Å²) in [5, 5.41) is 0. The van der Waals surface area contributed by atoms with Gasteiger partial charge in [-0.3, -0.25) is 4.79 Å². The van der Waals surface area contributed by atoms with E-state index in [9.17, 15) is 9.59 Å². The van der Waals surface area contributed by atoms with E-state index in [1.165, 1.54) is 11.8 Å². The van der Waals surface area contributed by atoms with Gasteiger partial charge >= 0.3 is 0 Å². The van der Waals surface area contributed by atoms with Gasteiger partial charge in [-0.2, -0.15) is 0 Å². The molecular formula is C7H12N2O2. The van der Waals surface area contributed by atoms with Crippen molar-refractivity contribution in [3.8, 4) is 0 Å². The predicted octanol–water partition coefficient (Wildman–Crippen LogP) is -0.867. The van der Waals surface area contributed by atoms with E-state index in [0.717, 1.165) is 6.29 Å². The number of carbonyl (C=O) groups is 2. The van der Waals surface area contributed by atoms with Crippen LogP contribution in [0.4, 0.5) is 0 Å². The fourth-order valence-electron chi connectivity index (χ4n) is 1.39. The summed E-state index contributed by atoms with van der Waals surface area (Å²) >= 11 is 0. The molecule has 0 aromatic carbocycles. The fourth-order valence-corrected chi connectivity index (χ4v) is 1.39. The quantitative estimate of drug-likeness (QED) is 0.502. The van der Waals surface area contributed by atoms with Crippen LogP contribution in [0.2, 0.25) is 0 Å². The van der Waals surface area contributed by atoms with Crippen LogP contribution in [0.5, 0.6) is 0 Å². The summed E-state index contributed by atoms with van der Waals surface area (Å²) in [5.41, 5.74) is 5.58. The van der Waals surface area contributed by atoms with E-state index in [1.807, 2.05) is 0 Å². The highest BCUT2D eigenvalue weighted by Gasteiger charge is 2.30. The van der Waals surface area contributed by atoms with Crippen molar-refractivity contribution in [1.82, 2.24) is 4.90 Å². The number of hydrogen-bond acceptors (Lipinski definition) is 3. The molecule has 0 spiro atoms. The van der Waals surface area contributed by atoms with E-state index in [4.69, 9.17) is 5.73 Å². The van der Waals surface area contributed by atoms with Crippen LogP contribution in [0.1, 0.15) is 13.3 Å². The molecule has 1 saturated heterocycles. The molecule has 0 aliphatic carbocycles. The molecule has 62 valence electrons. The van der Waals surface area contributed by atoms with Gasteiger partial charge in [-0.15, -0.1) is 0 Å². The molecule has 1 aliphatic rings. The van der Waals surface area contributed by atoms with Crippen LogP contribution in [-0.2, 0) is 9.59 Å². The average molecular weight is 156 g/mol. The highest BCUT2D eigenvalue weighted by Crippen LogP contribution is 2.14. The number of amides is 1. The molecule has 11 heavy (non-hydrogen) atoms. The second-order valence-electron chi connectivity index (χ2n) is 2.87. The maximum atomic E-state index is 10.9. The lowest BCUT2D eigenvalue weighted by atomic mass is 10.2. The smallest absolute Gasteiger partial charge is 0.220 e. The first-order valence-electron chi connectivity index (χ1n) is 3.63. The van der Waals surface area contributed by atoms with Crippen LogP contribution < -0.4 is 5.73 Å². The molecule has 4 nitrogen and oxygen atoms in total. The summed E-state index contributed by atoms with van der Waals surface area (Å²) in [5.74, 6) is -0.0740. The lowest BCUT2D eigenvalue weighted by molar-refractivity contribution is -0.132. The third-order valence-corrected chi connectivity index (χ3v) is 1.94. The van der Waals surface area contributed by atoms with Crippen LogP contribution in [0, 0.1) is 0 Å². The van der Waals surface area contributed by atoms with Gasteiger partial charge in [0, 0.05) is 19.5 Å². The average Bonchev–Trinajstić information content (AvgIpc) is 2.30. The van der Waals surface area contributed by atoms with E-state index < -0.39 is 0 Å². The third-order valence-electron chi connectivity index (χ3n) is 1.94. The van der Waals surface area contributed by atoms with Crippen molar-refractivity contribution in [2.75, 3.05) is 6.54 Å². The molecule has 0 aromatic rings. The Balaban J connectivity index is 2.64. The Bertz CT molecular complexity index is 181. The molecule has 0 saturated carbocycles. The Morgan fingerprint density at radius 3 is 2.73 bits per heavy atom. The molecule has 0 bridgehead atoms. The molecule has 0 radical (unpaired) electrons. The normalized spacial score (nSPS) is 30.5. The summed E-state index contributed by atoms with van der Waals surface area (Å²) in [4.78, 5) is 22.8. The second-order valence-corrected chi connectivity index (χ2v) is 2.87. The third kappa shape index (κ3) is 1.57. The molecule has 1 rings (SSSR count). The van der Waals surface area contributed by atoms with E-state index in [-0.39, 0.29) is 18.0 Å². The van der Waals surface area contributed by atoms with Crippen molar-refractivity contribution in [1.29, 1.82) is 0 Å². The maximum absolute atomic E-state index is 10.9. The Morgan fingerprint density at radius 1 is 1.73 bits per heavy atom. The van der Waals surface area contributed by atoms with E-state index in [0.29, 0.717) is 13.0 Å². The highest BCUT2D eigenvalue weighted by atomic mass is 16.2. The Kier molecular flexibility index (Phi) is 2.24. The number of hydrogen-bond donors (Lipinski definition) is 1. The van der Waals surface area contributed by atoms with Gasteiger partial charge in [0.25, 0.3) is 0 Å². The maximum Gasteiger partial charge on any atom is 0.220 e.